The third-order valence-corrected chi connectivity index (χ3v) is 5.67. The van der Waals surface area contributed by atoms with Gasteiger partial charge in [-0.2, -0.15) is 0 Å². The van der Waals surface area contributed by atoms with Crippen molar-refractivity contribution < 1.29 is 14.6 Å². The fourth-order valence-corrected chi connectivity index (χ4v) is 3.98. The van der Waals surface area contributed by atoms with Crippen molar-refractivity contribution in [3.63, 3.8) is 0 Å². The Morgan fingerprint density at radius 2 is 2.00 bits per heavy atom. The molecule has 0 unspecified atom stereocenters. The van der Waals surface area contributed by atoms with Gasteiger partial charge in [0.15, 0.2) is 0 Å². The molecule has 1 N–H and O–H groups in total. The molecular weight excluding hydrogens is 376 g/mol. The SMILES string of the molecule is CCc1cc2c(=O)n(CCCOc3ccc(C(=O)O)cc3)c(C(C)C)nc2s1. The van der Waals surface area contributed by atoms with Gasteiger partial charge in [0.25, 0.3) is 5.56 Å². The molecule has 0 fully saturated rings. The molecule has 0 aliphatic carbocycles. The average molecular weight is 401 g/mol. The van der Waals surface area contributed by atoms with Crippen molar-refractivity contribution in [2.45, 2.75) is 46.1 Å². The minimum atomic E-state index is -0.963. The van der Waals surface area contributed by atoms with Crippen LogP contribution >= 0.6 is 11.3 Å². The molecule has 7 heteroatoms. The van der Waals surface area contributed by atoms with Gasteiger partial charge in [-0.1, -0.05) is 20.8 Å². The number of carboxylic acids is 1. The minimum Gasteiger partial charge on any atom is -0.494 e. The van der Waals surface area contributed by atoms with Crippen LogP contribution in [0.15, 0.2) is 35.1 Å². The summed E-state index contributed by atoms with van der Waals surface area (Å²) in [5, 5.41) is 9.62. The number of benzene rings is 1. The van der Waals surface area contributed by atoms with Gasteiger partial charge in [-0.3, -0.25) is 9.36 Å². The number of carboxylic acid groups (broad SMARTS) is 1. The largest absolute Gasteiger partial charge is 0.494 e. The van der Waals surface area contributed by atoms with Crippen LogP contribution in [0.4, 0.5) is 0 Å². The number of aryl methyl sites for hydroxylation is 1. The summed E-state index contributed by atoms with van der Waals surface area (Å²) in [5.41, 5.74) is 0.234. The lowest BCUT2D eigenvalue weighted by Crippen LogP contribution is -2.26. The van der Waals surface area contributed by atoms with Crippen LogP contribution in [0.5, 0.6) is 5.75 Å². The first-order chi connectivity index (χ1) is 13.4. The first-order valence-electron chi connectivity index (χ1n) is 9.40. The number of thiophene rings is 1. The van der Waals surface area contributed by atoms with E-state index in [4.69, 9.17) is 14.8 Å². The van der Waals surface area contributed by atoms with Crippen molar-refractivity contribution in [1.82, 2.24) is 9.55 Å². The zero-order chi connectivity index (χ0) is 20.3. The molecule has 0 atom stereocenters. The summed E-state index contributed by atoms with van der Waals surface area (Å²) in [4.78, 5) is 30.6. The van der Waals surface area contributed by atoms with Gasteiger partial charge in [0.05, 0.1) is 17.6 Å². The summed E-state index contributed by atoms with van der Waals surface area (Å²) in [6.07, 6.45) is 1.55. The van der Waals surface area contributed by atoms with E-state index >= 15 is 0 Å². The van der Waals surface area contributed by atoms with Gasteiger partial charge in [-0.15, -0.1) is 11.3 Å². The lowest BCUT2D eigenvalue weighted by Gasteiger charge is -2.15. The maximum absolute atomic E-state index is 13.0. The van der Waals surface area contributed by atoms with E-state index in [1.165, 1.54) is 17.0 Å². The second-order valence-corrected chi connectivity index (χ2v) is 8.01. The smallest absolute Gasteiger partial charge is 0.335 e. The van der Waals surface area contributed by atoms with E-state index in [0.29, 0.717) is 30.7 Å². The highest BCUT2D eigenvalue weighted by Gasteiger charge is 2.16. The highest BCUT2D eigenvalue weighted by Crippen LogP contribution is 2.24. The van der Waals surface area contributed by atoms with E-state index in [0.717, 1.165) is 17.1 Å². The Labute approximate surface area is 167 Å². The van der Waals surface area contributed by atoms with Crippen molar-refractivity contribution in [2.75, 3.05) is 6.61 Å². The molecule has 6 nitrogen and oxygen atoms in total. The molecule has 0 saturated heterocycles. The number of ether oxygens (including phenoxy) is 1. The second kappa shape index (κ2) is 8.56. The summed E-state index contributed by atoms with van der Waals surface area (Å²) in [6.45, 7) is 7.11. The Hall–Kier alpha value is -2.67. The van der Waals surface area contributed by atoms with Crippen molar-refractivity contribution in [3.05, 3.63) is 57.0 Å². The Bertz CT molecular complexity index is 1030. The fourth-order valence-electron chi connectivity index (χ4n) is 3.02. The van der Waals surface area contributed by atoms with E-state index in [-0.39, 0.29) is 17.0 Å². The first kappa shape index (κ1) is 20.1. The average Bonchev–Trinajstić information content (AvgIpc) is 3.10. The number of rotatable bonds is 8. The predicted octanol–water partition coefficient (Wildman–Crippen LogP) is 4.31. The van der Waals surface area contributed by atoms with Gasteiger partial charge >= 0.3 is 5.97 Å². The molecule has 0 aliphatic heterocycles. The quantitative estimate of drug-likeness (QED) is 0.570. The van der Waals surface area contributed by atoms with E-state index in [1.807, 2.05) is 19.9 Å². The highest BCUT2D eigenvalue weighted by molar-refractivity contribution is 7.18. The normalized spacial score (nSPS) is 11.3. The predicted molar refractivity (Wildman–Crippen MR) is 111 cm³/mol. The summed E-state index contributed by atoms with van der Waals surface area (Å²) in [7, 11) is 0. The molecule has 3 rings (SSSR count). The van der Waals surface area contributed by atoms with Crippen LogP contribution in [0.25, 0.3) is 10.2 Å². The summed E-state index contributed by atoms with van der Waals surface area (Å²) < 4.78 is 7.44. The zero-order valence-corrected chi connectivity index (χ0v) is 17.1. The van der Waals surface area contributed by atoms with Crippen molar-refractivity contribution >= 4 is 27.5 Å². The lowest BCUT2D eigenvalue weighted by atomic mass is 10.2. The van der Waals surface area contributed by atoms with Crippen molar-refractivity contribution in [2.24, 2.45) is 0 Å². The van der Waals surface area contributed by atoms with Crippen LogP contribution in [-0.2, 0) is 13.0 Å². The zero-order valence-electron chi connectivity index (χ0n) is 16.3. The van der Waals surface area contributed by atoms with Gasteiger partial charge < -0.3 is 9.84 Å². The molecule has 0 amide bonds. The number of nitrogens with zero attached hydrogens (tertiary/aromatic N) is 2. The first-order valence-corrected chi connectivity index (χ1v) is 10.2. The van der Waals surface area contributed by atoms with Gasteiger partial charge in [0.2, 0.25) is 0 Å². The van der Waals surface area contributed by atoms with Crippen molar-refractivity contribution in [1.29, 1.82) is 0 Å². The maximum Gasteiger partial charge on any atom is 0.335 e. The van der Waals surface area contributed by atoms with E-state index in [1.54, 1.807) is 28.0 Å². The molecule has 0 saturated carbocycles. The van der Waals surface area contributed by atoms with Gasteiger partial charge in [-0.05, 0) is 43.2 Å². The Balaban J connectivity index is 1.72. The van der Waals surface area contributed by atoms with E-state index < -0.39 is 5.97 Å². The van der Waals surface area contributed by atoms with Crippen LogP contribution < -0.4 is 10.3 Å². The van der Waals surface area contributed by atoms with E-state index in [9.17, 15) is 9.59 Å². The maximum atomic E-state index is 13.0. The number of carbonyl (C=O) groups is 1. The summed E-state index contributed by atoms with van der Waals surface area (Å²) in [6, 6.07) is 8.26. The standard InChI is InChI=1S/C21H24N2O4S/c1-4-16-12-17-19(28-16)22-18(13(2)3)23(20(17)24)10-5-11-27-15-8-6-14(7-9-15)21(25)26/h6-9,12-13H,4-5,10-11H2,1-3H3,(H,25,26). The molecule has 0 radical (unpaired) electrons. The summed E-state index contributed by atoms with van der Waals surface area (Å²) >= 11 is 1.59. The fraction of sp³-hybridized carbons (Fsp3) is 0.381. The topological polar surface area (TPSA) is 81.4 Å². The molecule has 0 bridgehead atoms. The van der Waals surface area contributed by atoms with Crippen LogP contribution in [0.3, 0.4) is 0 Å². The summed E-state index contributed by atoms with van der Waals surface area (Å²) in [5.74, 6) is 0.594. The molecule has 2 aromatic heterocycles. The monoisotopic (exact) mass is 400 g/mol. The van der Waals surface area contributed by atoms with Crippen LogP contribution in [0.2, 0.25) is 0 Å². The molecule has 2 heterocycles. The van der Waals surface area contributed by atoms with Crippen LogP contribution in [0, 0.1) is 0 Å². The number of hydrogen-bond donors (Lipinski definition) is 1. The lowest BCUT2D eigenvalue weighted by molar-refractivity contribution is 0.0697. The third-order valence-electron chi connectivity index (χ3n) is 4.49. The number of hydrogen-bond acceptors (Lipinski definition) is 5. The van der Waals surface area contributed by atoms with E-state index in [2.05, 4.69) is 6.92 Å². The third kappa shape index (κ3) is 4.25. The molecule has 28 heavy (non-hydrogen) atoms. The van der Waals surface area contributed by atoms with Gasteiger partial charge in [-0.25, -0.2) is 9.78 Å². The number of aromatic nitrogens is 2. The van der Waals surface area contributed by atoms with Gasteiger partial charge in [0, 0.05) is 17.3 Å². The highest BCUT2D eigenvalue weighted by atomic mass is 32.1. The number of aromatic carboxylic acids is 1. The molecule has 0 spiro atoms. The Kier molecular flexibility index (Phi) is 6.14. The molecule has 3 aromatic rings. The molecule has 1 aromatic carbocycles. The van der Waals surface area contributed by atoms with Crippen LogP contribution in [0.1, 0.15) is 54.2 Å². The van der Waals surface area contributed by atoms with Gasteiger partial charge in [0.1, 0.15) is 16.4 Å². The second-order valence-electron chi connectivity index (χ2n) is 6.90. The number of fused-ring (bicyclic) bond motifs is 1. The molecule has 0 aliphatic rings. The molecular formula is C21H24N2O4S. The van der Waals surface area contributed by atoms with Crippen LogP contribution in [-0.4, -0.2) is 27.2 Å². The Morgan fingerprint density at radius 1 is 1.29 bits per heavy atom. The Morgan fingerprint density at radius 3 is 2.61 bits per heavy atom. The molecule has 148 valence electrons. The minimum absolute atomic E-state index is 0.00969. The van der Waals surface area contributed by atoms with Crippen molar-refractivity contribution in [3.8, 4) is 5.75 Å².